The zero-order chi connectivity index (χ0) is 11.0. The molecule has 0 amide bonds. The summed E-state index contributed by atoms with van der Waals surface area (Å²) >= 11 is 0. The number of aromatic nitrogens is 2. The molecule has 0 fully saturated rings. The number of rotatable bonds is 1. The highest BCUT2D eigenvalue weighted by atomic mass is 16.5. The van der Waals surface area contributed by atoms with Crippen molar-refractivity contribution in [2.75, 3.05) is 12.8 Å². The number of hydrogen-bond acceptors (Lipinski definition) is 4. The first-order valence-corrected chi connectivity index (χ1v) is 4.43. The number of aryl methyl sites for hydroxylation is 1. The van der Waals surface area contributed by atoms with E-state index in [4.69, 9.17) is 5.73 Å². The molecular weight excluding hydrogens is 194 g/mol. The number of nitrogens with two attached hydrogens (primary N) is 1. The second-order valence-corrected chi connectivity index (χ2v) is 3.22. The molecule has 1 heterocycles. The molecule has 2 rings (SSSR count). The summed E-state index contributed by atoms with van der Waals surface area (Å²) in [6.07, 6.45) is 0. The molecular formula is C10H11N3O2. The molecule has 2 N–H and O–H groups in total. The van der Waals surface area contributed by atoms with Crippen LogP contribution >= 0.6 is 0 Å². The van der Waals surface area contributed by atoms with Crippen molar-refractivity contribution in [3.63, 3.8) is 0 Å². The molecule has 0 aliphatic carbocycles. The van der Waals surface area contributed by atoms with E-state index >= 15 is 0 Å². The summed E-state index contributed by atoms with van der Waals surface area (Å²) in [4.78, 5) is 15.4. The minimum absolute atomic E-state index is 0.364. The number of carbonyl (C=O) groups excluding carboxylic acids is 1. The maximum atomic E-state index is 11.3. The maximum Gasteiger partial charge on any atom is 0.337 e. The van der Waals surface area contributed by atoms with Gasteiger partial charge in [0.25, 0.3) is 0 Å². The topological polar surface area (TPSA) is 70.1 Å². The third-order valence-corrected chi connectivity index (χ3v) is 2.34. The Morgan fingerprint density at radius 1 is 1.53 bits per heavy atom. The maximum absolute atomic E-state index is 11.3. The Kier molecular flexibility index (Phi) is 2.07. The normalized spacial score (nSPS) is 10.5. The standard InChI is InChI=1S/C10H11N3O2/c1-13-8-5-6(9(14)15-2)3-4-7(8)12-10(13)11/h3-5H,1-2H3,(H2,11,12). The van der Waals surface area contributed by atoms with Gasteiger partial charge < -0.3 is 15.0 Å². The Bertz CT molecular complexity index is 531. The van der Waals surface area contributed by atoms with E-state index in [9.17, 15) is 4.79 Å². The zero-order valence-corrected chi connectivity index (χ0v) is 8.52. The number of methoxy groups -OCH3 is 1. The van der Waals surface area contributed by atoms with Gasteiger partial charge >= 0.3 is 5.97 Å². The van der Waals surface area contributed by atoms with Gasteiger partial charge in [-0.2, -0.15) is 0 Å². The summed E-state index contributed by atoms with van der Waals surface area (Å²) in [5.41, 5.74) is 7.72. The van der Waals surface area contributed by atoms with E-state index in [2.05, 4.69) is 9.72 Å². The average molecular weight is 205 g/mol. The summed E-state index contributed by atoms with van der Waals surface area (Å²) in [5.74, 6) is 0.0590. The fourth-order valence-electron chi connectivity index (χ4n) is 1.45. The lowest BCUT2D eigenvalue weighted by molar-refractivity contribution is 0.0601. The van der Waals surface area contributed by atoms with Crippen molar-refractivity contribution in [1.29, 1.82) is 0 Å². The predicted octanol–water partition coefficient (Wildman–Crippen LogP) is 0.942. The van der Waals surface area contributed by atoms with Crippen molar-refractivity contribution in [1.82, 2.24) is 9.55 Å². The van der Waals surface area contributed by atoms with E-state index < -0.39 is 0 Å². The number of fused-ring (bicyclic) bond motifs is 1. The van der Waals surface area contributed by atoms with Crippen LogP contribution in [0, 0.1) is 0 Å². The van der Waals surface area contributed by atoms with Crippen molar-refractivity contribution < 1.29 is 9.53 Å². The third kappa shape index (κ3) is 1.41. The van der Waals surface area contributed by atoms with Crippen LogP contribution in [0.3, 0.4) is 0 Å². The number of nitrogen functional groups attached to an aromatic ring is 1. The predicted molar refractivity (Wildman–Crippen MR) is 56.5 cm³/mol. The monoisotopic (exact) mass is 205 g/mol. The van der Waals surface area contributed by atoms with E-state index in [-0.39, 0.29) is 5.97 Å². The molecule has 0 radical (unpaired) electrons. The Morgan fingerprint density at radius 3 is 2.93 bits per heavy atom. The molecule has 1 aromatic carbocycles. The Labute approximate surface area is 86.5 Å². The van der Waals surface area contributed by atoms with Gasteiger partial charge in [-0.25, -0.2) is 9.78 Å². The highest BCUT2D eigenvalue weighted by molar-refractivity contribution is 5.94. The smallest absolute Gasteiger partial charge is 0.337 e. The highest BCUT2D eigenvalue weighted by Gasteiger charge is 2.09. The molecule has 5 heteroatoms. The van der Waals surface area contributed by atoms with Gasteiger partial charge in [-0.3, -0.25) is 0 Å². The Balaban J connectivity index is 2.64. The summed E-state index contributed by atoms with van der Waals surface area (Å²) in [6, 6.07) is 5.13. The van der Waals surface area contributed by atoms with Crippen LogP contribution in [0.25, 0.3) is 11.0 Å². The third-order valence-electron chi connectivity index (χ3n) is 2.34. The Hall–Kier alpha value is -2.04. The lowest BCUT2D eigenvalue weighted by atomic mass is 10.2. The Morgan fingerprint density at radius 2 is 2.27 bits per heavy atom. The number of ether oxygens (including phenoxy) is 1. The van der Waals surface area contributed by atoms with Crippen molar-refractivity contribution in [2.24, 2.45) is 7.05 Å². The quantitative estimate of drug-likeness (QED) is 0.703. The molecule has 1 aromatic heterocycles. The van der Waals surface area contributed by atoms with Gasteiger partial charge in [0.05, 0.1) is 23.7 Å². The number of nitrogens with zero attached hydrogens (tertiary/aromatic N) is 2. The van der Waals surface area contributed by atoms with Crippen LogP contribution in [0.15, 0.2) is 18.2 Å². The van der Waals surface area contributed by atoms with E-state index in [1.807, 2.05) is 0 Å². The molecule has 0 bridgehead atoms. The van der Waals surface area contributed by atoms with Gasteiger partial charge in [0.15, 0.2) is 0 Å². The van der Waals surface area contributed by atoms with Crippen molar-refractivity contribution in [2.45, 2.75) is 0 Å². The summed E-state index contributed by atoms with van der Waals surface area (Å²) in [7, 11) is 3.15. The molecule has 0 atom stereocenters. The molecule has 5 nitrogen and oxygen atoms in total. The summed E-state index contributed by atoms with van der Waals surface area (Å²) in [5, 5.41) is 0. The molecule has 78 valence electrons. The molecule has 0 aliphatic rings. The summed E-state index contributed by atoms with van der Waals surface area (Å²) < 4.78 is 6.36. The zero-order valence-electron chi connectivity index (χ0n) is 8.52. The van der Waals surface area contributed by atoms with Gasteiger partial charge in [0.1, 0.15) is 0 Å². The van der Waals surface area contributed by atoms with Crippen molar-refractivity contribution >= 4 is 23.0 Å². The minimum Gasteiger partial charge on any atom is -0.465 e. The van der Waals surface area contributed by atoms with Crippen LogP contribution in [-0.4, -0.2) is 22.6 Å². The van der Waals surface area contributed by atoms with E-state index in [1.54, 1.807) is 29.8 Å². The van der Waals surface area contributed by atoms with Gasteiger partial charge in [-0.1, -0.05) is 0 Å². The second kappa shape index (κ2) is 3.27. The first-order chi connectivity index (χ1) is 7.13. The van der Waals surface area contributed by atoms with Crippen LogP contribution in [-0.2, 0) is 11.8 Å². The molecule has 0 saturated heterocycles. The largest absolute Gasteiger partial charge is 0.465 e. The number of benzene rings is 1. The number of imidazole rings is 1. The minimum atomic E-state index is -0.364. The number of esters is 1. The SMILES string of the molecule is COC(=O)c1ccc2nc(N)n(C)c2c1. The van der Waals surface area contributed by atoms with Gasteiger partial charge in [0.2, 0.25) is 5.95 Å². The van der Waals surface area contributed by atoms with Gasteiger partial charge in [0, 0.05) is 7.05 Å². The highest BCUT2D eigenvalue weighted by Crippen LogP contribution is 2.18. The first kappa shape index (κ1) is 9.51. The van der Waals surface area contributed by atoms with Crippen LogP contribution in [0.4, 0.5) is 5.95 Å². The molecule has 2 aromatic rings. The van der Waals surface area contributed by atoms with E-state index in [0.717, 1.165) is 11.0 Å². The van der Waals surface area contributed by atoms with Crippen LogP contribution in [0.2, 0.25) is 0 Å². The fraction of sp³-hybridized carbons (Fsp3) is 0.200. The van der Waals surface area contributed by atoms with Crippen LogP contribution < -0.4 is 5.73 Å². The molecule has 15 heavy (non-hydrogen) atoms. The van der Waals surface area contributed by atoms with Crippen molar-refractivity contribution in [3.05, 3.63) is 23.8 Å². The second-order valence-electron chi connectivity index (χ2n) is 3.22. The summed E-state index contributed by atoms with van der Waals surface area (Å²) in [6.45, 7) is 0. The number of anilines is 1. The van der Waals surface area contributed by atoms with Crippen molar-refractivity contribution in [3.8, 4) is 0 Å². The fourth-order valence-corrected chi connectivity index (χ4v) is 1.45. The molecule has 0 saturated carbocycles. The molecule has 0 unspecified atom stereocenters. The first-order valence-electron chi connectivity index (χ1n) is 4.43. The van der Waals surface area contributed by atoms with Crippen LogP contribution in [0.1, 0.15) is 10.4 Å². The average Bonchev–Trinajstić information content (AvgIpc) is 2.54. The lowest BCUT2D eigenvalue weighted by Gasteiger charge is -2.00. The lowest BCUT2D eigenvalue weighted by Crippen LogP contribution is -2.01. The molecule has 0 aliphatic heterocycles. The van der Waals surface area contributed by atoms with Crippen LogP contribution in [0.5, 0.6) is 0 Å². The number of carbonyl (C=O) groups is 1. The van der Waals surface area contributed by atoms with Gasteiger partial charge in [-0.15, -0.1) is 0 Å². The van der Waals surface area contributed by atoms with E-state index in [1.165, 1.54) is 7.11 Å². The van der Waals surface area contributed by atoms with E-state index in [0.29, 0.717) is 11.5 Å². The molecule has 0 spiro atoms. The number of hydrogen-bond donors (Lipinski definition) is 1. The van der Waals surface area contributed by atoms with Gasteiger partial charge in [-0.05, 0) is 18.2 Å².